The van der Waals surface area contributed by atoms with E-state index >= 15 is 0 Å². The lowest BCUT2D eigenvalue weighted by Gasteiger charge is -2.48. The monoisotopic (exact) mass is 374 g/mol. The summed E-state index contributed by atoms with van der Waals surface area (Å²) >= 11 is 0. The highest BCUT2D eigenvalue weighted by atomic mass is 19.1. The van der Waals surface area contributed by atoms with Crippen molar-refractivity contribution in [1.29, 1.82) is 0 Å². The average Bonchev–Trinajstić information content (AvgIpc) is 3.11. The van der Waals surface area contributed by atoms with Gasteiger partial charge in [-0.05, 0) is 56.8 Å². The lowest BCUT2D eigenvalue weighted by atomic mass is 9.72. The van der Waals surface area contributed by atoms with E-state index in [2.05, 4.69) is 21.8 Å². The van der Waals surface area contributed by atoms with Crippen LogP contribution in [-0.4, -0.2) is 77.3 Å². The lowest BCUT2D eigenvalue weighted by molar-refractivity contribution is -0.141. The zero-order valence-corrected chi connectivity index (χ0v) is 15.9. The predicted octanol–water partition coefficient (Wildman–Crippen LogP) is 1.77. The fourth-order valence-corrected chi connectivity index (χ4v) is 4.83. The first-order valence-corrected chi connectivity index (χ1v) is 9.85. The summed E-state index contributed by atoms with van der Waals surface area (Å²) in [5.74, 6) is -0.623. The molecule has 1 unspecified atom stereocenters. The number of carbonyl (C=O) groups is 2. The maximum absolute atomic E-state index is 13.9. The Balaban J connectivity index is 1.41. The van der Waals surface area contributed by atoms with Gasteiger partial charge in [-0.15, -0.1) is 0 Å². The Morgan fingerprint density at radius 3 is 2.70 bits per heavy atom. The molecule has 0 aromatic carbocycles. The molecule has 2 amide bonds. The zero-order chi connectivity index (χ0) is 19.0. The van der Waals surface area contributed by atoms with Crippen LogP contribution in [0.3, 0.4) is 0 Å². The average molecular weight is 374 g/mol. The summed E-state index contributed by atoms with van der Waals surface area (Å²) in [6.45, 7) is 3.98. The largest absolute Gasteiger partial charge is 0.338 e. The molecule has 0 bridgehead atoms. The molecule has 3 aliphatic heterocycles. The van der Waals surface area contributed by atoms with Crippen molar-refractivity contribution in [2.45, 2.75) is 38.1 Å². The van der Waals surface area contributed by atoms with Gasteiger partial charge in [-0.2, -0.15) is 0 Å². The maximum atomic E-state index is 13.9. The van der Waals surface area contributed by atoms with Crippen molar-refractivity contribution in [2.24, 2.45) is 5.41 Å². The van der Waals surface area contributed by atoms with E-state index in [1.54, 1.807) is 4.90 Å². The molecular formula is C20H27FN4O2. The van der Waals surface area contributed by atoms with E-state index in [0.29, 0.717) is 25.6 Å². The molecule has 27 heavy (non-hydrogen) atoms. The van der Waals surface area contributed by atoms with E-state index in [1.807, 2.05) is 0 Å². The van der Waals surface area contributed by atoms with Crippen LogP contribution in [-0.2, 0) is 4.79 Å². The Morgan fingerprint density at radius 2 is 2.04 bits per heavy atom. The molecule has 1 aromatic heterocycles. The van der Waals surface area contributed by atoms with Crippen LogP contribution in [0.1, 0.15) is 42.6 Å². The van der Waals surface area contributed by atoms with E-state index in [0.717, 1.165) is 45.3 Å². The van der Waals surface area contributed by atoms with E-state index in [-0.39, 0.29) is 22.9 Å². The number of likely N-dealkylation sites (tertiary alicyclic amines) is 3. The van der Waals surface area contributed by atoms with Crippen LogP contribution in [0.5, 0.6) is 0 Å². The number of halogens is 1. The van der Waals surface area contributed by atoms with E-state index in [1.165, 1.54) is 18.3 Å². The van der Waals surface area contributed by atoms with Crippen LogP contribution >= 0.6 is 0 Å². The summed E-state index contributed by atoms with van der Waals surface area (Å²) in [4.78, 5) is 35.1. The molecule has 0 saturated carbocycles. The Kier molecular flexibility index (Phi) is 4.88. The van der Waals surface area contributed by atoms with Gasteiger partial charge in [-0.3, -0.25) is 9.59 Å². The number of likely N-dealkylation sites (N-methyl/N-ethyl adjacent to an activating group) is 1. The molecule has 0 N–H and O–H groups in total. The number of piperidine rings is 2. The molecule has 0 radical (unpaired) electrons. The van der Waals surface area contributed by atoms with Gasteiger partial charge in [0.15, 0.2) is 11.5 Å². The zero-order valence-electron chi connectivity index (χ0n) is 15.9. The Bertz CT molecular complexity index is 732. The minimum absolute atomic E-state index is 0.0918. The van der Waals surface area contributed by atoms with Crippen molar-refractivity contribution in [1.82, 2.24) is 19.7 Å². The third-order valence-corrected chi connectivity index (χ3v) is 6.57. The second kappa shape index (κ2) is 7.19. The van der Waals surface area contributed by atoms with Gasteiger partial charge < -0.3 is 14.7 Å². The number of pyridine rings is 1. The maximum Gasteiger partial charge on any atom is 0.275 e. The smallest absolute Gasteiger partial charge is 0.275 e. The molecule has 3 aliphatic rings. The minimum atomic E-state index is -0.567. The van der Waals surface area contributed by atoms with Gasteiger partial charge in [0.2, 0.25) is 5.91 Å². The summed E-state index contributed by atoms with van der Waals surface area (Å²) in [5, 5.41) is 0. The number of nitrogens with zero attached hydrogens (tertiary/aromatic N) is 4. The molecule has 1 atom stereocenters. The molecule has 6 nitrogen and oxygen atoms in total. The van der Waals surface area contributed by atoms with Crippen LogP contribution in [0.15, 0.2) is 18.3 Å². The van der Waals surface area contributed by atoms with Gasteiger partial charge in [0.1, 0.15) is 0 Å². The second-order valence-electron chi connectivity index (χ2n) is 8.35. The normalized spacial score (nSPS) is 26.0. The van der Waals surface area contributed by atoms with Crippen molar-refractivity contribution in [2.75, 3.05) is 39.8 Å². The summed E-state index contributed by atoms with van der Waals surface area (Å²) in [6.07, 6.45) is 5.71. The molecule has 3 saturated heterocycles. The third-order valence-electron chi connectivity index (χ3n) is 6.57. The molecule has 1 spiro atoms. The van der Waals surface area contributed by atoms with Gasteiger partial charge in [0.05, 0.1) is 0 Å². The second-order valence-corrected chi connectivity index (χ2v) is 8.35. The number of hydrogen-bond donors (Lipinski definition) is 0. The summed E-state index contributed by atoms with van der Waals surface area (Å²) in [7, 11) is 2.10. The quantitative estimate of drug-likeness (QED) is 0.792. The van der Waals surface area contributed by atoms with Crippen molar-refractivity contribution in [3.63, 3.8) is 0 Å². The molecule has 3 fully saturated rings. The van der Waals surface area contributed by atoms with Crippen LogP contribution in [0.2, 0.25) is 0 Å². The number of hydrogen-bond acceptors (Lipinski definition) is 4. The first-order chi connectivity index (χ1) is 13.0. The molecule has 4 rings (SSSR count). The molecule has 1 aromatic rings. The van der Waals surface area contributed by atoms with Gasteiger partial charge >= 0.3 is 0 Å². The SMILES string of the molecule is CN1CCC(N2CC3(CCC2=O)CCN(C(=O)c2ncccc2F)CC3)C1. The Hall–Kier alpha value is -2.02. The number of amides is 2. The summed E-state index contributed by atoms with van der Waals surface area (Å²) in [5.41, 5.74) is -0.00277. The lowest BCUT2D eigenvalue weighted by Crippen LogP contribution is -2.55. The number of carbonyl (C=O) groups excluding carboxylic acids is 2. The summed E-state index contributed by atoms with van der Waals surface area (Å²) < 4.78 is 13.9. The highest BCUT2D eigenvalue weighted by Crippen LogP contribution is 2.41. The van der Waals surface area contributed by atoms with Crippen LogP contribution in [0.4, 0.5) is 4.39 Å². The van der Waals surface area contributed by atoms with E-state index in [9.17, 15) is 14.0 Å². The van der Waals surface area contributed by atoms with Crippen molar-refractivity contribution in [3.8, 4) is 0 Å². The van der Waals surface area contributed by atoms with Crippen LogP contribution < -0.4 is 0 Å². The van der Waals surface area contributed by atoms with Crippen LogP contribution in [0, 0.1) is 11.2 Å². The topological polar surface area (TPSA) is 56.8 Å². The van der Waals surface area contributed by atoms with Gasteiger partial charge in [-0.25, -0.2) is 9.37 Å². The number of aromatic nitrogens is 1. The van der Waals surface area contributed by atoms with E-state index < -0.39 is 5.82 Å². The number of rotatable bonds is 2. The summed E-state index contributed by atoms with van der Waals surface area (Å²) in [6, 6.07) is 3.09. The fourth-order valence-electron chi connectivity index (χ4n) is 4.83. The standard InChI is InChI=1S/C20H27FN4O2/c1-23-10-5-15(13-23)25-14-20(6-4-17(25)26)7-11-24(12-8-20)19(27)18-16(21)3-2-9-22-18/h2-3,9,15H,4-8,10-14H2,1H3. The highest BCUT2D eigenvalue weighted by molar-refractivity contribution is 5.92. The molecule has 7 heteroatoms. The first-order valence-electron chi connectivity index (χ1n) is 9.85. The van der Waals surface area contributed by atoms with Gasteiger partial charge in [-0.1, -0.05) is 0 Å². The van der Waals surface area contributed by atoms with Crippen molar-refractivity contribution >= 4 is 11.8 Å². The Morgan fingerprint density at radius 1 is 1.26 bits per heavy atom. The van der Waals surface area contributed by atoms with Crippen molar-refractivity contribution < 1.29 is 14.0 Å². The van der Waals surface area contributed by atoms with Crippen LogP contribution in [0.25, 0.3) is 0 Å². The first kappa shape index (κ1) is 18.3. The molecule has 146 valence electrons. The predicted molar refractivity (Wildman–Crippen MR) is 98.6 cm³/mol. The Labute approximate surface area is 159 Å². The highest BCUT2D eigenvalue weighted by Gasteiger charge is 2.44. The molecule has 0 aliphatic carbocycles. The van der Waals surface area contributed by atoms with Gasteiger partial charge in [0, 0.05) is 44.8 Å². The van der Waals surface area contributed by atoms with Crippen molar-refractivity contribution in [3.05, 3.63) is 29.8 Å². The third kappa shape index (κ3) is 3.57. The van der Waals surface area contributed by atoms with Gasteiger partial charge in [0.25, 0.3) is 5.91 Å². The molecule has 4 heterocycles. The molecular weight excluding hydrogens is 347 g/mol. The minimum Gasteiger partial charge on any atom is -0.338 e. The fraction of sp³-hybridized carbons (Fsp3) is 0.650. The van der Waals surface area contributed by atoms with E-state index in [4.69, 9.17) is 0 Å².